The minimum atomic E-state index is -0.430. The first-order valence-corrected chi connectivity index (χ1v) is 9.42. The summed E-state index contributed by atoms with van der Waals surface area (Å²) in [6.45, 7) is 6.27. The molecular weight excluding hydrogens is 362 g/mol. The number of methoxy groups -OCH3 is 1. The van der Waals surface area contributed by atoms with E-state index in [1.807, 2.05) is 57.2 Å². The summed E-state index contributed by atoms with van der Waals surface area (Å²) in [5.41, 5.74) is 3.45. The maximum absolute atomic E-state index is 12.6. The van der Waals surface area contributed by atoms with Crippen LogP contribution in [0.1, 0.15) is 38.1 Å². The topological polar surface area (TPSA) is 64.6 Å². The molecule has 0 unspecified atom stereocenters. The van der Waals surface area contributed by atoms with E-state index in [9.17, 15) is 9.59 Å². The number of benzene rings is 2. The van der Waals surface area contributed by atoms with Crippen LogP contribution in [-0.4, -0.2) is 25.6 Å². The van der Waals surface area contributed by atoms with Gasteiger partial charge in [-0.2, -0.15) is 0 Å². The number of rotatable bonds is 5. The Bertz CT molecular complexity index is 1020. The van der Waals surface area contributed by atoms with Crippen molar-refractivity contribution in [3.63, 3.8) is 0 Å². The van der Waals surface area contributed by atoms with Crippen LogP contribution in [0.25, 0.3) is 10.1 Å². The van der Waals surface area contributed by atoms with Gasteiger partial charge in [-0.15, -0.1) is 11.3 Å². The number of aryl methyl sites for hydroxylation is 2. The fourth-order valence-corrected chi connectivity index (χ4v) is 3.80. The summed E-state index contributed by atoms with van der Waals surface area (Å²) in [6, 6.07) is 11.1. The molecule has 5 nitrogen and oxygen atoms in total. The van der Waals surface area contributed by atoms with Gasteiger partial charge >= 0.3 is 5.97 Å². The zero-order valence-electron chi connectivity index (χ0n) is 15.7. The number of nitrogens with one attached hydrogen (secondary N) is 1. The summed E-state index contributed by atoms with van der Waals surface area (Å²) < 4.78 is 11.4. The molecule has 3 rings (SSSR count). The maximum Gasteiger partial charge on any atom is 0.351 e. The molecule has 0 aliphatic carbocycles. The molecule has 0 radical (unpaired) electrons. The van der Waals surface area contributed by atoms with E-state index in [2.05, 4.69) is 5.32 Å². The smallest absolute Gasteiger partial charge is 0.351 e. The normalized spacial score (nSPS) is 10.7. The van der Waals surface area contributed by atoms with Gasteiger partial charge in [0.15, 0.2) is 10.6 Å². The van der Waals surface area contributed by atoms with E-state index in [0.29, 0.717) is 28.5 Å². The first-order chi connectivity index (χ1) is 12.9. The van der Waals surface area contributed by atoms with Crippen molar-refractivity contribution >= 4 is 39.0 Å². The number of anilines is 1. The van der Waals surface area contributed by atoms with Crippen molar-refractivity contribution in [2.45, 2.75) is 20.8 Å². The molecule has 1 amide bonds. The highest BCUT2D eigenvalue weighted by Gasteiger charge is 2.21. The van der Waals surface area contributed by atoms with Crippen LogP contribution >= 0.6 is 11.3 Å². The van der Waals surface area contributed by atoms with E-state index >= 15 is 0 Å². The van der Waals surface area contributed by atoms with Crippen LogP contribution in [0.2, 0.25) is 0 Å². The average molecular weight is 383 g/mol. The van der Waals surface area contributed by atoms with E-state index in [4.69, 9.17) is 9.47 Å². The highest BCUT2D eigenvalue weighted by atomic mass is 32.1. The van der Waals surface area contributed by atoms with Crippen molar-refractivity contribution in [1.82, 2.24) is 0 Å². The Labute approximate surface area is 161 Å². The van der Waals surface area contributed by atoms with Crippen LogP contribution in [0.4, 0.5) is 5.69 Å². The molecule has 27 heavy (non-hydrogen) atoms. The summed E-state index contributed by atoms with van der Waals surface area (Å²) in [4.78, 5) is 25.0. The second-order valence-electron chi connectivity index (χ2n) is 6.15. The average Bonchev–Trinajstić information content (AvgIpc) is 3.01. The first-order valence-electron chi connectivity index (χ1n) is 8.60. The molecule has 1 N–H and O–H groups in total. The van der Waals surface area contributed by atoms with Gasteiger partial charge in [0.05, 0.1) is 13.7 Å². The molecule has 140 valence electrons. The zero-order chi connectivity index (χ0) is 19.6. The number of esters is 1. The van der Waals surface area contributed by atoms with E-state index in [-0.39, 0.29) is 5.91 Å². The number of carbonyl (C=O) groups is 2. The Kier molecular flexibility index (Phi) is 5.46. The van der Waals surface area contributed by atoms with Gasteiger partial charge in [-0.25, -0.2) is 4.79 Å². The van der Waals surface area contributed by atoms with Crippen molar-refractivity contribution < 1.29 is 19.1 Å². The van der Waals surface area contributed by atoms with Gasteiger partial charge in [0.2, 0.25) is 0 Å². The van der Waals surface area contributed by atoms with Gasteiger partial charge in [0.25, 0.3) is 5.91 Å². The molecular formula is C21H21NO4S. The predicted octanol–water partition coefficient (Wildman–Crippen LogP) is 4.96. The minimum Gasteiger partial charge on any atom is -0.491 e. The van der Waals surface area contributed by atoms with E-state index < -0.39 is 5.97 Å². The molecule has 0 aliphatic heterocycles. The van der Waals surface area contributed by atoms with Crippen LogP contribution < -0.4 is 10.1 Å². The summed E-state index contributed by atoms with van der Waals surface area (Å²) in [6.07, 6.45) is 0. The lowest BCUT2D eigenvalue weighted by molar-refractivity contribution is 0.0602. The summed E-state index contributed by atoms with van der Waals surface area (Å²) in [5.74, 6) is -0.120. The highest BCUT2D eigenvalue weighted by molar-refractivity contribution is 7.21. The van der Waals surface area contributed by atoms with E-state index in [1.54, 1.807) is 0 Å². The molecule has 6 heteroatoms. The molecule has 0 spiro atoms. The SMILES string of the molecule is CCOc1c(C(=O)OC)sc2ccc(NC(=O)c3ccc(C)c(C)c3)cc12. The Morgan fingerprint density at radius 2 is 1.85 bits per heavy atom. The zero-order valence-corrected chi connectivity index (χ0v) is 16.5. The molecule has 0 atom stereocenters. The molecule has 3 aromatic rings. The highest BCUT2D eigenvalue weighted by Crippen LogP contribution is 2.39. The third-order valence-electron chi connectivity index (χ3n) is 4.33. The van der Waals surface area contributed by atoms with Crippen LogP contribution in [-0.2, 0) is 4.74 Å². The number of hydrogen-bond acceptors (Lipinski definition) is 5. The molecule has 1 heterocycles. The molecule has 0 fully saturated rings. The van der Waals surface area contributed by atoms with Crippen molar-refractivity contribution in [2.24, 2.45) is 0 Å². The van der Waals surface area contributed by atoms with Crippen molar-refractivity contribution in [2.75, 3.05) is 19.0 Å². The van der Waals surface area contributed by atoms with Crippen molar-refractivity contribution in [3.8, 4) is 5.75 Å². The number of thiophene rings is 1. The second kappa shape index (κ2) is 7.80. The predicted molar refractivity (Wildman–Crippen MR) is 108 cm³/mol. The lowest BCUT2D eigenvalue weighted by atomic mass is 10.1. The van der Waals surface area contributed by atoms with E-state index in [0.717, 1.165) is 21.2 Å². The minimum absolute atomic E-state index is 0.182. The van der Waals surface area contributed by atoms with Gasteiger partial charge in [0.1, 0.15) is 0 Å². The Hall–Kier alpha value is -2.86. The Morgan fingerprint density at radius 1 is 1.07 bits per heavy atom. The Balaban J connectivity index is 1.95. The van der Waals surface area contributed by atoms with Crippen LogP contribution in [0.5, 0.6) is 5.75 Å². The number of hydrogen-bond donors (Lipinski definition) is 1. The van der Waals surface area contributed by atoms with Crippen molar-refractivity contribution in [1.29, 1.82) is 0 Å². The number of carbonyl (C=O) groups excluding carboxylic acids is 2. The fraction of sp³-hybridized carbons (Fsp3) is 0.238. The molecule has 0 aliphatic rings. The number of fused-ring (bicyclic) bond motifs is 1. The van der Waals surface area contributed by atoms with Gasteiger partial charge in [-0.3, -0.25) is 4.79 Å². The monoisotopic (exact) mass is 383 g/mol. The summed E-state index contributed by atoms with van der Waals surface area (Å²) in [7, 11) is 1.34. The molecule has 0 bridgehead atoms. The molecule has 1 aromatic heterocycles. The van der Waals surface area contributed by atoms with Crippen LogP contribution in [0.3, 0.4) is 0 Å². The molecule has 0 saturated carbocycles. The van der Waals surface area contributed by atoms with Gasteiger partial charge in [0, 0.05) is 21.3 Å². The standard InChI is InChI=1S/C21H21NO4S/c1-5-26-18-16-11-15(8-9-17(16)27-19(18)21(24)25-4)22-20(23)14-7-6-12(2)13(3)10-14/h6-11H,5H2,1-4H3,(H,22,23). The lowest BCUT2D eigenvalue weighted by Gasteiger charge is -2.08. The van der Waals surface area contributed by atoms with E-state index in [1.165, 1.54) is 18.4 Å². The molecule has 0 saturated heterocycles. The Morgan fingerprint density at radius 3 is 2.52 bits per heavy atom. The fourth-order valence-electron chi connectivity index (χ4n) is 2.75. The number of amides is 1. The second-order valence-corrected chi connectivity index (χ2v) is 7.20. The number of ether oxygens (including phenoxy) is 2. The summed E-state index contributed by atoms with van der Waals surface area (Å²) in [5, 5.41) is 3.69. The lowest BCUT2D eigenvalue weighted by Crippen LogP contribution is -2.12. The maximum atomic E-state index is 12.6. The largest absolute Gasteiger partial charge is 0.491 e. The van der Waals surface area contributed by atoms with Gasteiger partial charge < -0.3 is 14.8 Å². The third kappa shape index (κ3) is 3.80. The van der Waals surface area contributed by atoms with Crippen LogP contribution in [0, 0.1) is 13.8 Å². The third-order valence-corrected chi connectivity index (χ3v) is 5.46. The summed E-state index contributed by atoms with van der Waals surface area (Å²) >= 11 is 1.31. The van der Waals surface area contributed by atoms with Gasteiger partial charge in [-0.05, 0) is 62.2 Å². The molecule has 2 aromatic carbocycles. The van der Waals surface area contributed by atoms with Crippen LogP contribution in [0.15, 0.2) is 36.4 Å². The quantitative estimate of drug-likeness (QED) is 0.633. The van der Waals surface area contributed by atoms with Crippen molar-refractivity contribution in [3.05, 3.63) is 58.0 Å². The van der Waals surface area contributed by atoms with Gasteiger partial charge in [-0.1, -0.05) is 6.07 Å². The first kappa shape index (κ1) is 18.9.